The molecule has 1 heterocycles. The highest BCUT2D eigenvalue weighted by atomic mass is 79.9. The molecule has 0 aliphatic carbocycles. The van der Waals surface area contributed by atoms with Crippen LogP contribution >= 0.6 is 43.5 Å². The molecule has 0 N–H and O–H groups in total. The number of ether oxygens (including phenoxy) is 1. The van der Waals surface area contributed by atoms with Gasteiger partial charge in [-0.25, -0.2) is 0 Å². The third-order valence-corrected chi connectivity index (χ3v) is 5.27. The summed E-state index contributed by atoms with van der Waals surface area (Å²) in [7, 11) is 0. The van der Waals surface area contributed by atoms with Crippen LogP contribution in [0.4, 0.5) is 0 Å². The van der Waals surface area contributed by atoms with Gasteiger partial charge < -0.3 is 4.74 Å². The van der Waals surface area contributed by atoms with Gasteiger partial charge in [0.05, 0.1) is 6.61 Å². The van der Waals surface area contributed by atoms with Crippen molar-refractivity contribution in [1.29, 1.82) is 0 Å². The Morgan fingerprint density at radius 2 is 2.10 bits per heavy atom. The largest absolute Gasteiger partial charge is 0.493 e. The molecule has 2 aromatic carbocycles. The van der Waals surface area contributed by atoms with Crippen LogP contribution in [0.3, 0.4) is 0 Å². The Bertz CT molecular complexity index is 657. The number of rotatable bonds is 4. The van der Waals surface area contributed by atoms with Crippen molar-refractivity contribution >= 4 is 43.5 Å². The average molecular weight is 431 g/mol. The minimum absolute atomic E-state index is 0.381. The van der Waals surface area contributed by atoms with Gasteiger partial charge in [0.15, 0.2) is 0 Å². The Balaban J connectivity index is 1.91. The number of alkyl halides is 1. The Morgan fingerprint density at radius 1 is 1.24 bits per heavy atom. The van der Waals surface area contributed by atoms with Gasteiger partial charge in [-0.05, 0) is 53.3 Å². The molecule has 1 aliphatic rings. The van der Waals surface area contributed by atoms with Gasteiger partial charge in [-0.2, -0.15) is 0 Å². The van der Waals surface area contributed by atoms with Crippen molar-refractivity contribution in [2.24, 2.45) is 0 Å². The predicted octanol–water partition coefficient (Wildman–Crippen LogP) is 5.76. The molecule has 0 saturated carbocycles. The molecule has 4 heteroatoms. The molecule has 0 bridgehead atoms. The van der Waals surface area contributed by atoms with E-state index in [0.717, 1.165) is 40.0 Å². The highest BCUT2D eigenvalue weighted by Crippen LogP contribution is 2.36. The van der Waals surface area contributed by atoms with Crippen molar-refractivity contribution in [2.45, 2.75) is 18.8 Å². The lowest BCUT2D eigenvalue weighted by Crippen LogP contribution is -2.06. The molecule has 0 saturated heterocycles. The fourth-order valence-electron chi connectivity index (χ4n) is 2.79. The summed E-state index contributed by atoms with van der Waals surface area (Å²) >= 11 is 13.4. The van der Waals surface area contributed by atoms with Crippen molar-refractivity contribution in [2.75, 3.05) is 11.9 Å². The fourth-order valence-corrected chi connectivity index (χ4v) is 4.14. The first-order chi connectivity index (χ1) is 10.2. The van der Waals surface area contributed by atoms with Gasteiger partial charge in [-0.15, -0.1) is 0 Å². The Labute approximate surface area is 146 Å². The third-order valence-electron chi connectivity index (χ3n) is 3.80. The van der Waals surface area contributed by atoms with Crippen molar-refractivity contribution in [3.8, 4) is 5.75 Å². The van der Waals surface area contributed by atoms with Crippen molar-refractivity contribution < 1.29 is 4.74 Å². The van der Waals surface area contributed by atoms with E-state index in [1.54, 1.807) is 0 Å². The molecule has 1 aliphatic heterocycles. The third kappa shape index (κ3) is 3.46. The van der Waals surface area contributed by atoms with Crippen LogP contribution in [0.5, 0.6) is 5.75 Å². The normalized spacial score (nSPS) is 14.6. The van der Waals surface area contributed by atoms with E-state index in [9.17, 15) is 0 Å². The van der Waals surface area contributed by atoms with Gasteiger partial charge in [0.2, 0.25) is 0 Å². The van der Waals surface area contributed by atoms with Crippen LogP contribution in [-0.4, -0.2) is 11.9 Å². The Hall–Kier alpha value is -0.510. The molecule has 1 unspecified atom stereocenters. The minimum atomic E-state index is 0.381. The SMILES string of the molecule is Clc1cccc(C(CBr)Cc2cc(Br)cc3c2OCC3)c1. The molecule has 1 nitrogen and oxygen atoms in total. The topological polar surface area (TPSA) is 9.23 Å². The molecular formula is C17H15Br2ClO. The van der Waals surface area contributed by atoms with E-state index in [0.29, 0.717) is 5.92 Å². The lowest BCUT2D eigenvalue weighted by molar-refractivity contribution is 0.353. The molecule has 21 heavy (non-hydrogen) atoms. The second-order valence-electron chi connectivity index (χ2n) is 5.26. The van der Waals surface area contributed by atoms with Crippen LogP contribution in [0.1, 0.15) is 22.6 Å². The summed E-state index contributed by atoms with van der Waals surface area (Å²) in [4.78, 5) is 0. The molecule has 0 aromatic heterocycles. The molecule has 110 valence electrons. The fraction of sp³-hybridized carbons (Fsp3) is 0.294. The van der Waals surface area contributed by atoms with Gasteiger partial charge in [-0.3, -0.25) is 0 Å². The van der Waals surface area contributed by atoms with E-state index in [1.165, 1.54) is 16.7 Å². The van der Waals surface area contributed by atoms with E-state index in [1.807, 2.05) is 18.2 Å². The first-order valence-corrected chi connectivity index (χ1v) is 9.22. The van der Waals surface area contributed by atoms with Crippen molar-refractivity contribution in [3.05, 3.63) is 62.6 Å². The smallest absolute Gasteiger partial charge is 0.125 e. The zero-order valence-corrected chi connectivity index (χ0v) is 15.3. The standard InChI is InChI=1S/C17H15Br2ClO/c18-10-14(11-2-1-3-16(20)9-11)6-13-8-15(19)7-12-4-5-21-17(12)13/h1-3,7-9,14H,4-6,10H2. The van der Waals surface area contributed by atoms with E-state index in [4.69, 9.17) is 16.3 Å². The lowest BCUT2D eigenvalue weighted by atomic mass is 9.92. The van der Waals surface area contributed by atoms with Crippen molar-refractivity contribution in [3.63, 3.8) is 0 Å². The molecule has 0 spiro atoms. The van der Waals surface area contributed by atoms with Gasteiger partial charge in [0.25, 0.3) is 0 Å². The molecule has 1 atom stereocenters. The van der Waals surface area contributed by atoms with Crippen molar-refractivity contribution in [1.82, 2.24) is 0 Å². The summed E-state index contributed by atoms with van der Waals surface area (Å²) in [5.41, 5.74) is 3.83. The maximum absolute atomic E-state index is 6.12. The maximum atomic E-state index is 6.12. The summed E-state index contributed by atoms with van der Waals surface area (Å²) < 4.78 is 6.95. The second-order valence-corrected chi connectivity index (χ2v) is 7.26. The molecule has 3 rings (SSSR count). The van der Waals surface area contributed by atoms with Gasteiger partial charge in [-0.1, -0.05) is 55.6 Å². The lowest BCUT2D eigenvalue weighted by Gasteiger charge is -2.17. The van der Waals surface area contributed by atoms with E-state index >= 15 is 0 Å². The van der Waals surface area contributed by atoms with Crippen LogP contribution in [0.25, 0.3) is 0 Å². The quantitative estimate of drug-likeness (QED) is 0.561. The van der Waals surface area contributed by atoms with Crippen LogP contribution in [-0.2, 0) is 12.8 Å². The summed E-state index contributed by atoms with van der Waals surface area (Å²) in [5, 5.41) is 1.68. The Kier molecular flexibility index (Phi) is 4.92. The molecule has 0 amide bonds. The molecular weight excluding hydrogens is 415 g/mol. The Morgan fingerprint density at radius 3 is 2.86 bits per heavy atom. The van der Waals surface area contributed by atoms with E-state index in [-0.39, 0.29) is 0 Å². The highest BCUT2D eigenvalue weighted by molar-refractivity contribution is 9.10. The second kappa shape index (κ2) is 6.72. The van der Waals surface area contributed by atoms with Gasteiger partial charge in [0.1, 0.15) is 5.75 Å². The van der Waals surface area contributed by atoms with Crippen LogP contribution in [0, 0.1) is 0 Å². The minimum Gasteiger partial charge on any atom is -0.493 e. The summed E-state index contributed by atoms with van der Waals surface area (Å²) in [6.45, 7) is 0.787. The monoisotopic (exact) mass is 428 g/mol. The summed E-state index contributed by atoms with van der Waals surface area (Å²) in [6, 6.07) is 12.4. The first-order valence-electron chi connectivity index (χ1n) is 6.93. The molecule has 0 fully saturated rings. The van der Waals surface area contributed by atoms with E-state index < -0.39 is 0 Å². The van der Waals surface area contributed by atoms with Crippen LogP contribution < -0.4 is 4.74 Å². The molecule has 0 radical (unpaired) electrons. The zero-order valence-electron chi connectivity index (χ0n) is 11.4. The highest BCUT2D eigenvalue weighted by Gasteiger charge is 2.20. The number of benzene rings is 2. The average Bonchev–Trinajstić information content (AvgIpc) is 2.92. The maximum Gasteiger partial charge on any atom is 0.125 e. The van der Waals surface area contributed by atoms with Crippen LogP contribution in [0.15, 0.2) is 40.9 Å². The zero-order chi connectivity index (χ0) is 14.8. The van der Waals surface area contributed by atoms with Gasteiger partial charge in [0, 0.05) is 21.2 Å². The number of fused-ring (bicyclic) bond motifs is 1. The summed E-state index contributed by atoms with van der Waals surface area (Å²) in [5.74, 6) is 1.46. The predicted molar refractivity (Wildman–Crippen MR) is 95.0 cm³/mol. The number of hydrogen-bond donors (Lipinski definition) is 0. The molecule has 2 aromatic rings. The number of hydrogen-bond acceptors (Lipinski definition) is 1. The first kappa shape index (κ1) is 15.4. The number of halogens is 3. The van der Waals surface area contributed by atoms with Gasteiger partial charge >= 0.3 is 0 Å². The van der Waals surface area contributed by atoms with Crippen LogP contribution in [0.2, 0.25) is 5.02 Å². The summed E-state index contributed by atoms with van der Waals surface area (Å²) in [6.07, 6.45) is 1.94. The van der Waals surface area contributed by atoms with E-state index in [2.05, 4.69) is 50.1 Å².